The third-order valence-corrected chi connectivity index (χ3v) is 3.28. The quantitative estimate of drug-likeness (QED) is 0.878. The van der Waals surface area contributed by atoms with Crippen molar-refractivity contribution < 1.29 is 4.74 Å². The molecule has 5 heteroatoms. The Morgan fingerprint density at radius 3 is 2.70 bits per heavy atom. The minimum absolute atomic E-state index is 0.370. The fraction of sp³-hybridized carbons (Fsp3) is 0.467. The Morgan fingerprint density at radius 2 is 2.05 bits per heavy atom. The number of aromatic nitrogens is 3. The first-order valence-corrected chi connectivity index (χ1v) is 6.93. The highest BCUT2D eigenvalue weighted by Gasteiger charge is 2.17. The molecule has 2 aromatic rings. The number of para-hydroxylation sites is 1. The number of aryl methyl sites for hydroxylation is 1. The molecule has 5 nitrogen and oxygen atoms in total. The van der Waals surface area contributed by atoms with Crippen LogP contribution in [0.2, 0.25) is 0 Å². The predicted molar refractivity (Wildman–Crippen MR) is 79.4 cm³/mol. The summed E-state index contributed by atoms with van der Waals surface area (Å²) in [6.07, 6.45) is 1.05. The summed E-state index contributed by atoms with van der Waals surface area (Å²) in [5, 5.41) is 8.44. The lowest BCUT2D eigenvalue weighted by Gasteiger charge is -2.12. The SMILES string of the molecule is COc1ccccc1-c1c(CN)nnn1CCC(C)C. The first-order valence-electron chi connectivity index (χ1n) is 6.93. The Hall–Kier alpha value is -1.88. The normalized spacial score (nSPS) is 11.1. The van der Waals surface area contributed by atoms with Crippen LogP contribution in [0.25, 0.3) is 11.3 Å². The van der Waals surface area contributed by atoms with Gasteiger partial charge in [-0.15, -0.1) is 5.10 Å². The van der Waals surface area contributed by atoms with E-state index >= 15 is 0 Å². The summed E-state index contributed by atoms with van der Waals surface area (Å²) < 4.78 is 7.37. The van der Waals surface area contributed by atoms with Crippen molar-refractivity contribution in [1.82, 2.24) is 15.0 Å². The second-order valence-corrected chi connectivity index (χ2v) is 5.19. The predicted octanol–water partition coefficient (Wildman–Crippen LogP) is 2.46. The molecule has 0 atom stereocenters. The first kappa shape index (κ1) is 14.5. The molecule has 0 bridgehead atoms. The van der Waals surface area contributed by atoms with E-state index < -0.39 is 0 Å². The molecule has 2 rings (SSSR count). The average molecular weight is 274 g/mol. The first-order chi connectivity index (χ1) is 9.67. The fourth-order valence-corrected chi connectivity index (χ4v) is 2.16. The van der Waals surface area contributed by atoms with Crippen LogP contribution >= 0.6 is 0 Å². The molecule has 1 aromatic heterocycles. The zero-order valence-electron chi connectivity index (χ0n) is 12.3. The molecule has 0 radical (unpaired) electrons. The van der Waals surface area contributed by atoms with Gasteiger partial charge in [-0.05, 0) is 24.5 Å². The van der Waals surface area contributed by atoms with E-state index in [0.29, 0.717) is 12.5 Å². The van der Waals surface area contributed by atoms with Crippen molar-refractivity contribution in [3.05, 3.63) is 30.0 Å². The molecular weight excluding hydrogens is 252 g/mol. The van der Waals surface area contributed by atoms with Crippen molar-refractivity contribution in [2.45, 2.75) is 33.4 Å². The Labute approximate surface area is 119 Å². The van der Waals surface area contributed by atoms with Gasteiger partial charge in [0.25, 0.3) is 0 Å². The van der Waals surface area contributed by atoms with Gasteiger partial charge in [0.15, 0.2) is 0 Å². The van der Waals surface area contributed by atoms with E-state index in [9.17, 15) is 0 Å². The maximum Gasteiger partial charge on any atom is 0.128 e. The van der Waals surface area contributed by atoms with Gasteiger partial charge < -0.3 is 10.5 Å². The summed E-state index contributed by atoms with van der Waals surface area (Å²) in [6.45, 7) is 5.60. The van der Waals surface area contributed by atoms with Crippen LogP contribution in [-0.2, 0) is 13.1 Å². The minimum atomic E-state index is 0.370. The van der Waals surface area contributed by atoms with E-state index in [2.05, 4.69) is 24.2 Å². The monoisotopic (exact) mass is 274 g/mol. The number of hydrogen-bond donors (Lipinski definition) is 1. The van der Waals surface area contributed by atoms with Gasteiger partial charge in [0, 0.05) is 18.7 Å². The van der Waals surface area contributed by atoms with Crippen LogP contribution in [0.4, 0.5) is 0 Å². The zero-order chi connectivity index (χ0) is 14.5. The molecule has 0 spiro atoms. The Kier molecular flexibility index (Phi) is 4.74. The highest BCUT2D eigenvalue weighted by molar-refractivity contribution is 5.69. The van der Waals surface area contributed by atoms with Crippen LogP contribution < -0.4 is 10.5 Å². The van der Waals surface area contributed by atoms with E-state index in [1.807, 2.05) is 28.9 Å². The average Bonchev–Trinajstić information content (AvgIpc) is 2.87. The van der Waals surface area contributed by atoms with E-state index in [0.717, 1.165) is 35.7 Å². The van der Waals surface area contributed by atoms with Crippen molar-refractivity contribution in [3.63, 3.8) is 0 Å². The number of hydrogen-bond acceptors (Lipinski definition) is 4. The lowest BCUT2D eigenvalue weighted by Crippen LogP contribution is -2.07. The Balaban J connectivity index is 2.45. The second kappa shape index (κ2) is 6.52. The Bertz CT molecular complexity index is 563. The van der Waals surface area contributed by atoms with Crippen LogP contribution in [-0.4, -0.2) is 22.1 Å². The molecule has 0 fully saturated rings. The summed E-state index contributed by atoms with van der Waals surface area (Å²) in [5.74, 6) is 1.43. The maximum absolute atomic E-state index is 5.79. The third-order valence-electron chi connectivity index (χ3n) is 3.28. The zero-order valence-corrected chi connectivity index (χ0v) is 12.3. The summed E-state index contributed by atoms with van der Waals surface area (Å²) >= 11 is 0. The van der Waals surface area contributed by atoms with Gasteiger partial charge in [0.05, 0.1) is 12.8 Å². The van der Waals surface area contributed by atoms with Crippen molar-refractivity contribution in [2.24, 2.45) is 11.7 Å². The number of methoxy groups -OCH3 is 1. The number of nitrogens with zero attached hydrogens (tertiary/aromatic N) is 3. The van der Waals surface area contributed by atoms with Gasteiger partial charge in [0.1, 0.15) is 11.4 Å². The molecule has 108 valence electrons. The molecule has 0 saturated carbocycles. The van der Waals surface area contributed by atoms with Gasteiger partial charge in [-0.3, -0.25) is 0 Å². The van der Waals surface area contributed by atoms with Crippen LogP contribution in [0.3, 0.4) is 0 Å². The largest absolute Gasteiger partial charge is 0.496 e. The fourth-order valence-electron chi connectivity index (χ4n) is 2.16. The van der Waals surface area contributed by atoms with Crippen LogP contribution in [0.1, 0.15) is 26.0 Å². The standard InChI is InChI=1S/C15H22N4O/c1-11(2)8-9-19-15(13(10-16)17-18-19)12-6-4-5-7-14(12)20-3/h4-7,11H,8-10,16H2,1-3H3. The highest BCUT2D eigenvalue weighted by atomic mass is 16.5. The molecule has 1 aromatic carbocycles. The van der Waals surface area contributed by atoms with Crippen LogP contribution in [0, 0.1) is 5.92 Å². The number of rotatable bonds is 6. The summed E-state index contributed by atoms with van der Waals surface area (Å²) in [5.41, 5.74) is 8.55. The summed E-state index contributed by atoms with van der Waals surface area (Å²) in [4.78, 5) is 0. The lowest BCUT2D eigenvalue weighted by atomic mass is 10.1. The minimum Gasteiger partial charge on any atom is -0.496 e. The summed E-state index contributed by atoms with van der Waals surface area (Å²) in [6, 6.07) is 7.89. The van der Waals surface area contributed by atoms with Crippen molar-refractivity contribution in [3.8, 4) is 17.0 Å². The smallest absolute Gasteiger partial charge is 0.128 e. The molecular formula is C15H22N4O. The van der Waals surface area contributed by atoms with Crippen molar-refractivity contribution >= 4 is 0 Å². The topological polar surface area (TPSA) is 66.0 Å². The van der Waals surface area contributed by atoms with Crippen LogP contribution in [0.15, 0.2) is 24.3 Å². The van der Waals surface area contributed by atoms with E-state index in [1.165, 1.54) is 0 Å². The number of nitrogens with two attached hydrogens (primary N) is 1. The lowest BCUT2D eigenvalue weighted by molar-refractivity contribution is 0.415. The Morgan fingerprint density at radius 1 is 1.30 bits per heavy atom. The van der Waals surface area contributed by atoms with Gasteiger partial charge >= 0.3 is 0 Å². The molecule has 0 aliphatic carbocycles. The molecule has 0 amide bonds. The van der Waals surface area contributed by atoms with Crippen LogP contribution in [0.5, 0.6) is 5.75 Å². The third kappa shape index (κ3) is 2.99. The molecule has 20 heavy (non-hydrogen) atoms. The molecule has 2 N–H and O–H groups in total. The van der Waals surface area contributed by atoms with Crippen molar-refractivity contribution in [1.29, 1.82) is 0 Å². The summed E-state index contributed by atoms with van der Waals surface area (Å²) in [7, 11) is 1.67. The number of ether oxygens (including phenoxy) is 1. The van der Waals surface area contributed by atoms with Gasteiger partial charge in [-0.25, -0.2) is 4.68 Å². The molecule has 0 unspecified atom stereocenters. The van der Waals surface area contributed by atoms with Gasteiger partial charge in [0.2, 0.25) is 0 Å². The van der Waals surface area contributed by atoms with Gasteiger partial charge in [-0.2, -0.15) is 0 Å². The molecule has 0 saturated heterocycles. The molecule has 1 heterocycles. The molecule has 0 aliphatic rings. The molecule has 0 aliphatic heterocycles. The second-order valence-electron chi connectivity index (χ2n) is 5.19. The number of benzene rings is 1. The van der Waals surface area contributed by atoms with Gasteiger partial charge in [-0.1, -0.05) is 31.2 Å². The van der Waals surface area contributed by atoms with E-state index in [1.54, 1.807) is 7.11 Å². The highest BCUT2D eigenvalue weighted by Crippen LogP contribution is 2.31. The van der Waals surface area contributed by atoms with E-state index in [-0.39, 0.29) is 0 Å². The maximum atomic E-state index is 5.79. The van der Waals surface area contributed by atoms with Crippen molar-refractivity contribution in [2.75, 3.05) is 7.11 Å². The van der Waals surface area contributed by atoms with E-state index in [4.69, 9.17) is 10.5 Å².